The zero-order chi connectivity index (χ0) is 68.8. The van der Waals surface area contributed by atoms with Crippen LogP contribution in [0.2, 0.25) is 0 Å². The third kappa shape index (κ3) is 18.3. The molecule has 1 N–H and O–H groups in total. The van der Waals surface area contributed by atoms with Crippen molar-refractivity contribution in [1.29, 1.82) is 0 Å². The number of rotatable bonds is 19. The summed E-state index contributed by atoms with van der Waals surface area (Å²) >= 11 is 0. The van der Waals surface area contributed by atoms with E-state index in [9.17, 15) is 51.9 Å². The van der Waals surface area contributed by atoms with E-state index < -0.39 is 104 Å². The zero-order valence-electron chi connectivity index (χ0n) is 53.8. The molecule has 0 aliphatic rings. The van der Waals surface area contributed by atoms with Crippen molar-refractivity contribution in [3.8, 4) is 23.0 Å². The minimum absolute atomic E-state index is 0.0108. The second-order valence-electron chi connectivity index (χ2n) is 25.3. The maximum absolute atomic E-state index is 13.4. The van der Waals surface area contributed by atoms with Crippen molar-refractivity contribution in [2.24, 2.45) is 0 Å². The summed E-state index contributed by atoms with van der Waals surface area (Å²) in [5.74, 6) is -3.99. The number of hydrogen-bond donors (Lipinski definition) is 1. The van der Waals surface area contributed by atoms with Gasteiger partial charge in [0.15, 0.2) is 21.7 Å². The molecule has 0 amide bonds. The summed E-state index contributed by atoms with van der Waals surface area (Å²) in [5, 5.41) is 10.7. The number of aliphatic hydroxyl groups is 1. The van der Waals surface area contributed by atoms with Crippen LogP contribution in [0.5, 0.6) is 23.0 Å². The molecule has 0 saturated carbocycles. The van der Waals surface area contributed by atoms with Crippen LogP contribution in [0.25, 0.3) is 43.9 Å². The van der Waals surface area contributed by atoms with E-state index in [1.165, 1.54) is 72.8 Å². The molecular weight excluding hydrogens is 1240 g/mol. The number of carbonyl (C=O) groups is 4. The van der Waals surface area contributed by atoms with Gasteiger partial charge < -0.3 is 60.7 Å². The summed E-state index contributed by atoms with van der Waals surface area (Å²) in [6.07, 6.45) is -2.50. The molecule has 496 valence electrons. The number of hydrogen-bond acceptors (Lipinski definition) is 24. The number of aliphatic hydroxyl groups excluding tert-OH is 1. The average Bonchev–Trinajstić information content (AvgIpc) is 0.810. The quantitative estimate of drug-likeness (QED) is 0.0446. The Bertz CT molecular complexity index is 4440. The van der Waals surface area contributed by atoms with Crippen molar-refractivity contribution in [3.05, 3.63) is 191 Å². The number of aryl methyl sites for hydroxylation is 1. The first-order valence-electron chi connectivity index (χ1n) is 29.3. The fraction of sp³-hybridized carbons (Fsp3) is 0.333. The van der Waals surface area contributed by atoms with Crippen molar-refractivity contribution in [2.75, 3.05) is 26.4 Å². The molecule has 9 aromatic rings. The average molecular weight is 1320 g/mol. The number of esters is 4. The van der Waals surface area contributed by atoms with Crippen LogP contribution < -0.4 is 40.7 Å². The predicted octanol–water partition coefficient (Wildman–Crippen LogP) is 11.0. The molecule has 4 heterocycles. The monoisotopic (exact) mass is 1310 g/mol. The highest BCUT2D eigenvalue weighted by Gasteiger charge is 2.29. The molecule has 0 unspecified atom stereocenters. The van der Waals surface area contributed by atoms with E-state index in [1.807, 2.05) is 0 Å². The van der Waals surface area contributed by atoms with Gasteiger partial charge in [0.05, 0.1) is 4.90 Å². The molecule has 9 rings (SSSR count). The van der Waals surface area contributed by atoms with Crippen LogP contribution in [0.4, 0.5) is 0 Å². The van der Waals surface area contributed by atoms with E-state index in [-0.39, 0.29) is 108 Å². The van der Waals surface area contributed by atoms with Crippen molar-refractivity contribution in [1.82, 2.24) is 0 Å². The number of benzene rings is 5. The minimum atomic E-state index is -4.37. The predicted molar refractivity (Wildman–Crippen MR) is 342 cm³/mol. The van der Waals surface area contributed by atoms with Gasteiger partial charge in [-0.1, -0.05) is 42.0 Å². The van der Waals surface area contributed by atoms with Gasteiger partial charge in [0.2, 0.25) is 23.0 Å². The Morgan fingerprint density at radius 3 is 0.915 bits per heavy atom. The lowest BCUT2D eigenvalue weighted by atomic mass is 10.2. The molecule has 0 aliphatic carbocycles. The first kappa shape index (κ1) is 69.8. The summed E-state index contributed by atoms with van der Waals surface area (Å²) in [5.41, 5.74) is -4.34. The largest absolute Gasteiger partial charge is 0.490 e. The Labute approximate surface area is 537 Å². The molecule has 0 fully saturated rings. The summed E-state index contributed by atoms with van der Waals surface area (Å²) < 4.78 is 99.3. The van der Waals surface area contributed by atoms with Gasteiger partial charge >= 0.3 is 23.9 Å². The van der Waals surface area contributed by atoms with Crippen molar-refractivity contribution in [2.45, 2.75) is 130 Å². The molecule has 24 nitrogen and oxygen atoms in total. The lowest BCUT2D eigenvalue weighted by molar-refractivity contribution is 0.00249. The normalized spacial score (nSPS) is 12.1. The SMILES string of the molecule is CC(C)(C)OC(=O)c1cc(=O)c2c(OCC(O)COc3cccc4oc(C(=O)OC(C)(C)C)cc(=O)c34)cccc2o1.Cc1ccc(S(=O)(=O)OC(COc2cccc3oc(C(=O)OC(C)(C)C)cc(=O)c23)COc2cccc3oc(C(=O)OC(C)(C)C)cc(=O)c23)cc1. The molecule has 0 spiro atoms. The Morgan fingerprint density at radius 2 is 0.660 bits per heavy atom. The standard InChI is InChI=1S/C38H38O13S.C31H32O11/c1-22-14-16-24(17-15-22)52(43,44)51-23(20-45-27-10-8-12-29-33(27)25(39)18-31(47-29)35(41)49-37(2,3)4)21-46-28-11-9-13-30-34(28)26(40)19-32(48-30)36(42)50-38(5,6)7;1-30(2,3)41-28(35)24-13-18(33)26-20(9-7-11-22(26)39-24)37-15-17(32)16-38-21-10-8-12-23-27(21)19(34)14-25(40-23)29(36)42-31(4,5)6/h8-19,23H,20-21H2,1-7H3;7-14,17,32H,15-16H2,1-6H3. The van der Waals surface area contributed by atoms with Crippen LogP contribution >= 0.6 is 0 Å². The highest BCUT2D eigenvalue weighted by molar-refractivity contribution is 7.86. The van der Waals surface area contributed by atoms with Crippen molar-refractivity contribution >= 4 is 77.9 Å². The Kier molecular flexibility index (Phi) is 20.8. The van der Waals surface area contributed by atoms with Gasteiger partial charge in [0.25, 0.3) is 10.1 Å². The third-order valence-electron chi connectivity index (χ3n) is 12.6. The second-order valence-corrected chi connectivity index (χ2v) is 26.9. The van der Waals surface area contributed by atoms with Gasteiger partial charge in [-0.2, -0.15) is 8.42 Å². The van der Waals surface area contributed by atoms with Crippen LogP contribution in [-0.2, 0) is 33.2 Å². The molecule has 94 heavy (non-hydrogen) atoms. The lowest BCUT2D eigenvalue weighted by Crippen LogP contribution is -2.31. The van der Waals surface area contributed by atoms with Gasteiger partial charge in [-0.05, 0) is 151 Å². The van der Waals surface area contributed by atoms with Gasteiger partial charge in [0.1, 0.15) is 128 Å². The Hall–Kier alpha value is -10.1. The fourth-order valence-corrected chi connectivity index (χ4v) is 9.79. The van der Waals surface area contributed by atoms with Crippen LogP contribution in [0.15, 0.2) is 163 Å². The molecule has 0 bridgehead atoms. The fourth-order valence-electron chi connectivity index (χ4n) is 8.74. The maximum atomic E-state index is 13.4. The van der Waals surface area contributed by atoms with E-state index in [4.69, 9.17) is 59.7 Å². The van der Waals surface area contributed by atoms with Crippen LogP contribution in [0, 0.1) is 6.92 Å². The first-order chi connectivity index (χ1) is 43.9. The number of carbonyl (C=O) groups excluding carboxylic acids is 4. The maximum Gasteiger partial charge on any atom is 0.374 e. The summed E-state index contributed by atoms with van der Waals surface area (Å²) in [7, 11) is -4.37. The van der Waals surface area contributed by atoms with Crippen LogP contribution in [0.1, 0.15) is 131 Å². The van der Waals surface area contributed by atoms with Gasteiger partial charge in [-0.3, -0.25) is 23.4 Å². The zero-order valence-corrected chi connectivity index (χ0v) is 54.6. The summed E-state index contributed by atoms with van der Waals surface area (Å²) in [6, 6.07) is 28.2. The molecule has 0 radical (unpaired) electrons. The van der Waals surface area contributed by atoms with Gasteiger partial charge in [-0.25, -0.2) is 19.2 Å². The molecular formula is C69H70O24S. The van der Waals surface area contributed by atoms with E-state index in [0.717, 1.165) is 29.8 Å². The van der Waals surface area contributed by atoms with E-state index in [1.54, 1.807) is 114 Å². The Balaban J connectivity index is 0.000000247. The molecule has 0 saturated heterocycles. The van der Waals surface area contributed by atoms with Crippen molar-refractivity contribution in [3.63, 3.8) is 0 Å². The molecule has 0 aliphatic heterocycles. The molecule has 0 atom stereocenters. The summed E-state index contributed by atoms with van der Waals surface area (Å²) in [6.45, 7) is 20.6. The van der Waals surface area contributed by atoms with Gasteiger partial charge in [-0.15, -0.1) is 0 Å². The highest BCUT2D eigenvalue weighted by atomic mass is 32.2. The minimum Gasteiger partial charge on any atom is -0.490 e. The summed E-state index contributed by atoms with van der Waals surface area (Å²) in [4.78, 5) is 102. The smallest absolute Gasteiger partial charge is 0.374 e. The van der Waals surface area contributed by atoms with E-state index in [0.29, 0.717) is 0 Å². The molecule has 25 heteroatoms. The van der Waals surface area contributed by atoms with Crippen LogP contribution in [-0.4, -0.2) is 98.4 Å². The van der Waals surface area contributed by atoms with E-state index in [2.05, 4.69) is 0 Å². The first-order valence-corrected chi connectivity index (χ1v) is 30.7. The highest BCUT2D eigenvalue weighted by Crippen LogP contribution is 2.30. The van der Waals surface area contributed by atoms with E-state index >= 15 is 0 Å². The topological polar surface area (TPSA) is 327 Å². The van der Waals surface area contributed by atoms with Gasteiger partial charge in [0, 0.05) is 24.3 Å². The van der Waals surface area contributed by atoms with Crippen LogP contribution in [0.3, 0.4) is 0 Å². The lowest BCUT2D eigenvalue weighted by Gasteiger charge is -2.20. The molecule has 4 aromatic heterocycles. The number of ether oxygens (including phenoxy) is 8. The third-order valence-corrected chi connectivity index (χ3v) is 13.9. The second kappa shape index (κ2) is 28.0. The van der Waals surface area contributed by atoms with Crippen molar-refractivity contribution < 1.29 is 92.4 Å². The Morgan fingerprint density at radius 1 is 0.404 bits per heavy atom. The molecule has 5 aromatic carbocycles. The number of fused-ring (bicyclic) bond motifs is 4.